The fourth-order valence-electron chi connectivity index (χ4n) is 2.14. The van der Waals surface area contributed by atoms with Gasteiger partial charge in [0.15, 0.2) is 11.5 Å². The standard InChI is InChI=1S/C16H18N6O2/c1-11(2)24-16-9-7-14-20-19-13(22(14)21-16)6-8-15(23)18-12-5-3-4-10-17-12/h3-5,7,9-11H,6,8H2,1-2H3,(H,17,18,23). The number of nitrogens with one attached hydrogen (secondary N) is 1. The number of hydrogen-bond acceptors (Lipinski definition) is 6. The molecule has 3 aromatic heterocycles. The van der Waals surface area contributed by atoms with Crippen molar-refractivity contribution in [3.05, 3.63) is 42.4 Å². The van der Waals surface area contributed by atoms with Gasteiger partial charge in [-0.1, -0.05) is 6.07 Å². The van der Waals surface area contributed by atoms with E-state index in [2.05, 4.69) is 25.6 Å². The highest BCUT2D eigenvalue weighted by Crippen LogP contribution is 2.12. The van der Waals surface area contributed by atoms with Gasteiger partial charge in [0, 0.05) is 25.1 Å². The van der Waals surface area contributed by atoms with Crippen LogP contribution in [0.3, 0.4) is 0 Å². The number of amides is 1. The molecule has 24 heavy (non-hydrogen) atoms. The van der Waals surface area contributed by atoms with Crippen LogP contribution in [-0.4, -0.2) is 36.8 Å². The molecule has 0 atom stereocenters. The maximum Gasteiger partial charge on any atom is 0.232 e. The molecule has 0 unspecified atom stereocenters. The van der Waals surface area contributed by atoms with Gasteiger partial charge >= 0.3 is 0 Å². The molecule has 0 aliphatic rings. The number of ether oxygens (including phenoxy) is 1. The molecule has 8 heteroatoms. The van der Waals surface area contributed by atoms with Gasteiger partial charge in [-0.05, 0) is 32.0 Å². The molecule has 8 nitrogen and oxygen atoms in total. The van der Waals surface area contributed by atoms with E-state index in [1.165, 1.54) is 0 Å². The third kappa shape index (κ3) is 3.83. The summed E-state index contributed by atoms with van der Waals surface area (Å²) in [5, 5.41) is 15.2. The summed E-state index contributed by atoms with van der Waals surface area (Å²) >= 11 is 0. The van der Waals surface area contributed by atoms with Crippen LogP contribution < -0.4 is 10.1 Å². The number of carbonyl (C=O) groups excluding carboxylic acids is 1. The molecule has 3 rings (SSSR count). The number of aromatic nitrogens is 5. The van der Waals surface area contributed by atoms with E-state index in [9.17, 15) is 4.79 Å². The van der Waals surface area contributed by atoms with Crippen molar-refractivity contribution in [2.24, 2.45) is 0 Å². The number of anilines is 1. The van der Waals surface area contributed by atoms with Gasteiger partial charge in [0.1, 0.15) is 5.82 Å². The number of hydrogen-bond donors (Lipinski definition) is 1. The molecule has 0 aromatic carbocycles. The normalized spacial score (nSPS) is 11.0. The summed E-state index contributed by atoms with van der Waals surface area (Å²) in [4.78, 5) is 16.1. The molecule has 1 N–H and O–H groups in total. The van der Waals surface area contributed by atoms with Gasteiger partial charge in [0.2, 0.25) is 11.8 Å². The summed E-state index contributed by atoms with van der Waals surface area (Å²) in [6, 6.07) is 8.88. The van der Waals surface area contributed by atoms with Gasteiger partial charge in [-0.3, -0.25) is 4.79 Å². The minimum Gasteiger partial charge on any atom is -0.474 e. The molecule has 0 radical (unpaired) electrons. The van der Waals surface area contributed by atoms with E-state index in [1.807, 2.05) is 19.9 Å². The molecule has 0 spiro atoms. The number of rotatable bonds is 6. The zero-order valence-corrected chi connectivity index (χ0v) is 13.5. The highest BCUT2D eigenvalue weighted by atomic mass is 16.5. The molecular formula is C16H18N6O2. The van der Waals surface area contributed by atoms with Crippen molar-refractivity contribution in [3.63, 3.8) is 0 Å². The molecule has 3 heterocycles. The zero-order valence-electron chi connectivity index (χ0n) is 13.5. The van der Waals surface area contributed by atoms with Crippen LogP contribution in [0.25, 0.3) is 5.65 Å². The predicted octanol–water partition coefficient (Wildman–Crippen LogP) is 1.88. The smallest absolute Gasteiger partial charge is 0.232 e. The Morgan fingerprint density at radius 1 is 1.25 bits per heavy atom. The third-order valence-corrected chi connectivity index (χ3v) is 3.17. The number of fused-ring (bicyclic) bond motifs is 1. The minimum absolute atomic E-state index is 0.0269. The lowest BCUT2D eigenvalue weighted by Gasteiger charge is -2.08. The summed E-state index contributed by atoms with van der Waals surface area (Å²) in [7, 11) is 0. The summed E-state index contributed by atoms with van der Waals surface area (Å²) in [6.45, 7) is 3.86. The first-order chi connectivity index (χ1) is 11.6. The highest BCUT2D eigenvalue weighted by molar-refractivity contribution is 5.89. The Morgan fingerprint density at radius 2 is 2.12 bits per heavy atom. The monoisotopic (exact) mass is 326 g/mol. The predicted molar refractivity (Wildman–Crippen MR) is 87.7 cm³/mol. The van der Waals surface area contributed by atoms with Crippen molar-refractivity contribution in [3.8, 4) is 5.88 Å². The Hall–Kier alpha value is -3.03. The Labute approximate surface area is 138 Å². The van der Waals surface area contributed by atoms with E-state index in [1.54, 1.807) is 35.0 Å². The van der Waals surface area contributed by atoms with Crippen LogP contribution in [0.15, 0.2) is 36.5 Å². The lowest BCUT2D eigenvalue weighted by molar-refractivity contribution is -0.116. The topological polar surface area (TPSA) is 94.3 Å². The van der Waals surface area contributed by atoms with E-state index in [-0.39, 0.29) is 18.4 Å². The summed E-state index contributed by atoms with van der Waals surface area (Å²) in [6.07, 6.45) is 2.33. The fourth-order valence-corrected chi connectivity index (χ4v) is 2.14. The Bertz CT molecular complexity index is 831. The number of aryl methyl sites for hydroxylation is 1. The second kappa shape index (κ2) is 7.03. The first-order valence-electron chi connectivity index (χ1n) is 7.70. The number of carbonyl (C=O) groups is 1. The Kier molecular flexibility index (Phi) is 4.64. The highest BCUT2D eigenvalue weighted by Gasteiger charge is 2.11. The molecule has 0 aliphatic carbocycles. The van der Waals surface area contributed by atoms with Crippen LogP contribution in [-0.2, 0) is 11.2 Å². The molecule has 3 aromatic rings. The molecule has 1 amide bonds. The van der Waals surface area contributed by atoms with Crippen molar-refractivity contribution in [2.75, 3.05) is 5.32 Å². The minimum atomic E-state index is -0.139. The van der Waals surface area contributed by atoms with Crippen LogP contribution in [0, 0.1) is 0 Å². The average molecular weight is 326 g/mol. The van der Waals surface area contributed by atoms with Gasteiger partial charge < -0.3 is 10.1 Å². The number of pyridine rings is 1. The van der Waals surface area contributed by atoms with Gasteiger partial charge in [-0.25, -0.2) is 4.98 Å². The maximum atomic E-state index is 12.0. The third-order valence-electron chi connectivity index (χ3n) is 3.17. The average Bonchev–Trinajstić information content (AvgIpc) is 2.96. The fraction of sp³-hybridized carbons (Fsp3) is 0.312. The van der Waals surface area contributed by atoms with Gasteiger partial charge in [-0.15, -0.1) is 15.3 Å². The first-order valence-corrected chi connectivity index (χ1v) is 7.70. The lowest BCUT2D eigenvalue weighted by Crippen LogP contribution is -2.14. The van der Waals surface area contributed by atoms with E-state index in [4.69, 9.17) is 4.74 Å². The lowest BCUT2D eigenvalue weighted by atomic mass is 10.3. The largest absolute Gasteiger partial charge is 0.474 e. The van der Waals surface area contributed by atoms with E-state index < -0.39 is 0 Å². The van der Waals surface area contributed by atoms with Crippen LogP contribution in [0.5, 0.6) is 5.88 Å². The van der Waals surface area contributed by atoms with Crippen LogP contribution in [0.2, 0.25) is 0 Å². The maximum absolute atomic E-state index is 12.0. The zero-order chi connectivity index (χ0) is 16.9. The van der Waals surface area contributed by atoms with Gasteiger partial charge in [0.25, 0.3) is 0 Å². The number of nitrogens with zero attached hydrogens (tertiary/aromatic N) is 5. The second-order valence-electron chi connectivity index (χ2n) is 5.49. The Balaban J connectivity index is 1.67. The van der Waals surface area contributed by atoms with Crippen molar-refractivity contribution < 1.29 is 9.53 Å². The van der Waals surface area contributed by atoms with Crippen LogP contribution >= 0.6 is 0 Å². The van der Waals surface area contributed by atoms with E-state index >= 15 is 0 Å². The quantitative estimate of drug-likeness (QED) is 0.743. The first kappa shape index (κ1) is 15.9. The van der Waals surface area contributed by atoms with Crippen LogP contribution in [0.1, 0.15) is 26.1 Å². The SMILES string of the molecule is CC(C)Oc1ccc2nnc(CCC(=O)Nc3ccccn3)n2n1. The molecule has 124 valence electrons. The second-order valence-corrected chi connectivity index (χ2v) is 5.49. The van der Waals surface area contributed by atoms with Crippen molar-refractivity contribution >= 4 is 17.4 Å². The van der Waals surface area contributed by atoms with E-state index in [0.717, 1.165) is 0 Å². The van der Waals surface area contributed by atoms with Crippen molar-refractivity contribution in [1.82, 2.24) is 24.8 Å². The molecule has 0 bridgehead atoms. The van der Waals surface area contributed by atoms with Crippen molar-refractivity contribution in [2.45, 2.75) is 32.8 Å². The molecule has 0 saturated carbocycles. The summed E-state index contributed by atoms with van der Waals surface area (Å²) in [5.41, 5.74) is 0.617. The van der Waals surface area contributed by atoms with Gasteiger partial charge in [0.05, 0.1) is 6.10 Å². The molecule has 0 aliphatic heterocycles. The molecular weight excluding hydrogens is 308 g/mol. The van der Waals surface area contributed by atoms with Gasteiger partial charge in [-0.2, -0.15) is 4.52 Å². The Morgan fingerprint density at radius 3 is 2.88 bits per heavy atom. The molecule has 0 fully saturated rings. The molecule has 0 saturated heterocycles. The summed E-state index contributed by atoms with van der Waals surface area (Å²) < 4.78 is 7.18. The van der Waals surface area contributed by atoms with Crippen molar-refractivity contribution in [1.29, 1.82) is 0 Å². The van der Waals surface area contributed by atoms with Crippen LogP contribution in [0.4, 0.5) is 5.82 Å². The van der Waals surface area contributed by atoms with E-state index in [0.29, 0.717) is 29.6 Å². The summed E-state index contributed by atoms with van der Waals surface area (Å²) in [5.74, 6) is 1.49.